The van der Waals surface area contributed by atoms with Crippen LogP contribution in [0.25, 0.3) is 0 Å². The molecule has 0 spiro atoms. The fraction of sp³-hybridized carbons (Fsp3) is 0.520. The normalized spacial score (nSPS) is 19.2. The van der Waals surface area contributed by atoms with Gasteiger partial charge in [-0.15, -0.1) is 6.42 Å². The first-order valence-electron chi connectivity index (χ1n) is 11.1. The van der Waals surface area contributed by atoms with Crippen LogP contribution in [0.2, 0.25) is 15.2 Å². The number of halogens is 3. The highest BCUT2D eigenvalue weighted by atomic mass is 35.5. The van der Waals surface area contributed by atoms with Gasteiger partial charge in [-0.05, 0) is 50.2 Å². The standard InChI is InChI=1S/C18H26O2.C7H7Cl3NO3PS/c1-8-10-13(5)15(9-2)20-17(19)16-14(11-12(3)4)18(16,6)7;1-12-15(16,13-2)14-7-5(9)3-4(8)6(10)11-7/h2,10-11,14-16H,8H2,1,3-7H3;3H,1-2H3/b13-10+;/t14?,15?,16-;/m0./s1. The number of esters is 1. The Bertz CT molecular complexity index is 1090. The number of hydrogen-bond donors (Lipinski definition) is 0. The number of hydrogen-bond acceptors (Lipinski definition) is 7. The molecule has 0 saturated heterocycles. The number of pyridine rings is 1. The molecular formula is C25H33Cl3NO5PS. The lowest BCUT2D eigenvalue weighted by Crippen LogP contribution is -2.20. The van der Waals surface area contributed by atoms with Gasteiger partial charge >= 0.3 is 12.7 Å². The van der Waals surface area contributed by atoms with E-state index in [1.165, 1.54) is 25.9 Å². The van der Waals surface area contributed by atoms with Crippen LogP contribution in [0.5, 0.6) is 5.88 Å². The summed E-state index contributed by atoms with van der Waals surface area (Å²) in [5.41, 5.74) is 2.13. The monoisotopic (exact) mass is 595 g/mol. The van der Waals surface area contributed by atoms with Gasteiger partial charge in [-0.1, -0.05) is 79.2 Å². The summed E-state index contributed by atoms with van der Waals surface area (Å²) in [4.78, 5) is 16.2. The molecule has 200 valence electrons. The van der Waals surface area contributed by atoms with Crippen LogP contribution in [-0.2, 0) is 30.4 Å². The lowest BCUT2D eigenvalue weighted by molar-refractivity contribution is -0.147. The molecule has 11 heteroatoms. The molecule has 1 saturated carbocycles. The number of aromatic nitrogens is 1. The Hall–Kier alpha value is -1.10. The third-order valence-corrected chi connectivity index (χ3v) is 8.86. The van der Waals surface area contributed by atoms with E-state index in [0.717, 1.165) is 12.0 Å². The Morgan fingerprint density at radius 3 is 2.31 bits per heavy atom. The zero-order valence-electron chi connectivity index (χ0n) is 21.7. The second-order valence-electron chi connectivity index (χ2n) is 8.86. The molecule has 0 aliphatic heterocycles. The molecule has 1 heterocycles. The highest BCUT2D eigenvalue weighted by Crippen LogP contribution is 2.60. The Balaban J connectivity index is 0.000000369. The summed E-state index contributed by atoms with van der Waals surface area (Å²) in [6, 6.07) is 1.40. The molecule has 0 radical (unpaired) electrons. The molecular weight excluding hydrogens is 564 g/mol. The lowest BCUT2D eigenvalue weighted by atomic mass is 10.1. The molecule has 1 aliphatic rings. The Morgan fingerprint density at radius 2 is 1.83 bits per heavy atom. The van der Waals surface area contributed by atoms with E-state index in [1.807, 2.05) is 19.9 Å². The van der Waals surface area contributed by atoms with Crippen LogP contribution in [0, 0.1) is 29.6 Å². The third kappa shape index (κ3) is 9.03. The first kappa shape index (κ1) is 32.9. The lowest BCUT2D eigenvalue weighted by Gasteiger charge is -2.18. The van der Waals surface area contributed by atoms with Crippen molar-refractivity contribution in [3.63, 3.8) is 0 Å². The van der Waals surface area contributed by atoms with Gasteiger partial charge in [-0.3, -0.25) is 4.79 Å². The molecule has 1 aliphatic carbocycles. The largest absolute Gasteiger partial charge is 0.444 e. The van der Waals surface area contributed by atoms with E-state index in [0.29, 0.717) is 0 Å². The van der Waals surface area contributed by atoms with Gasteiger partial charge in [0.2, 0.25) is 5.88 Å². The molecule has 0 bridgehead atoms. The molecule has 0 amide bonds. The fourth-order valence-electron chi connectivity index (χ4n) is 3.42. The second-order valence-corrected chi connectivity index (χ2v) is 13.2. The predicted molar refractivity (Wildman–Crippen MR) is 151 cm³/mol. The molecule has 0 aromatic carbocycles. The van der Waals surface area contributed by atoms with Gasteiger partial charge in [-0.25, -0.2) is 0 Å². The first-order valence-corrected chi connectivity index (χ1v) is 14.8. The van der Waals surface area contributed by atoms with E-state index >= 15 is 0 Å². The number of terminal acetylenes is 1. The van der Waals surface area contributed by atoms with E-state index in [1.54, 1.807) is 0 Å². The maximum absolute atomic E-state index is 12.3. The topological polar surface area (TPSA) is 66.9 Å². The fourth-order valence-corrected chi connectivity index (χ4v) is 4.87. The summed E-state index contributed by atoms with van der Waals surface area (Å²) < 4.78 is 20.6. The minimum Gasteiger partial charge on any atom is -0.444 e. The zero-order chi connectivity index (χ0) is 27.8. The average Bonchev–Trinajstić information content (AvgIpc) is 3.34. The molecule has 1 aromatic rings. The van der Waals surface area contributed by atoms with Crippen LogP contribution in [0.3, 0.4) is 0 Å². The van der Waals surface area contributed by atoms with Crippen LogP contribution >= 0.6 is 41.5 Å². The van der Waals surface area contributed by atoms with E-state index in [4.69, 9.17) is 71.3 Å². The smallest absolute Gasteiger partial charge is 0.381 e. The van der Waals surface area contributed by atoms with E-state index in [-0.39, 0.29) is 44.3 Å². The van der Waals surface area contributed by atoms with Crippen molar-refractivity contribution in [3.8, 4) is 18.2 Å². The summed E-state index contributed by atoms with van der Waals surface area (Å²) in [5, 5.41) is 0.467. The number of allylic oxidation sites excluding steroid dienone is 3. The SMILES string of the molecule is C#CC(OC(=O)[C@@H]1C(C=C(C)C)C1(C)C)/C(C)=C/CC.COP(=S)(OC)Oc1nc(Cl)c(Cl)cc1Cl. The summed E-state index contributed by atoms with van der Waals surface area (Å²) in [5.74, 6) is 2.59. The number of ether oxygens (including phenoxy) is 1. The molecule has 0 N–H and O–H groups in total. The number of nitrogens with zero attached hydrogens (tertiary/aromatic N) is 1. The maximum Gasteiger partial charge on any atom is 0.381 e. The van der Waals surface area contributed by atoms with Gasteiger partial charge in [0, 0.05) is 26.0 Å². The zero-order valence-corrected chi connectivity index (χ0v) is 25.7. The summed E-state index contributed by atoms with van der Waals surface area (Å²) in [6.45, 7) is 9.37. The summed E-state index contributed by atoms with van der Waals surface area (Å²) in [6.07, 6.45) is 9.99. The van der Waals surface area contributed by atoms with Crippen LogP contribution in [0.4, 0.5) is 0 Å². The van der Waals surface area contributed by atoms with E-state index < -0.39 is 12.8 Å². The summed E-state index contributed by atoms with van der Waals surface area (Å²) in [7, 11) is 2.74. The van der Waals surface area contributed by atoms with Gasteiger partial charge in [-0.2, -0.15) is 4.98 Å². The number of rotatable bonds is 9. The first-order chi connectivity index (χ1) is 16.7. The molecule has 1 aromatic heterocycles. The van der Waals surface area contributed by atoms with Gasteiger partial charge < -0.3 is 18.3 Å². The van der Waals surface area contributed by atoms with Crippen molar-refractivity contribution in [2.24, 2.45) is 17.3 Å². The third-order valence-electron chi connectivity index (χ3n) is 5.50. The van der Waals surface area contributed by atoms with Crippen molar-refractivity contribution < 1.29 is 23.1 Å². The molecule has 3 atom stereocenters. The van der Waals surface area contributed by atoms with Gasteiger partial charge in [0.05, 0.1) is 10.9 Å². The Kier molecular flexibility index (Phi) is 13.0. The molecule has 2 rings (SSSR count). The van der Waals surface area contributed by atoms with Gasteiger partial charge in [0.15, 0.2) is 11.3 Å². The summed E-state index contributed by atoms with van der Waals surface area (Å²) >= 11 is 22.3. The molecule has 2 unspecified atom stereocenters. The average molecular weight is 597 g/mol. The van der Waals surface area contributed by atoms with Crippen LogP contribution in [0.1, 0.15) is 48.0 Å². The van der Waals surface area contributed by atoms with Gasteiger partial charge in [0.25, 0.3) is 0 Å². The predicted octanol–water partition coefficient (Wildman–Crippen LogP) is 8.06. The molecule has 6 nitrogen and oxygen atoms in total. The number of carbonyl (C=O) groups is 1. The van der Waals surface area contributed by atoms with Crippen LogP contribution < -0.4 is 4.52 Å². The van der Waals surface area contributed by atoms with Crippen LogP contribution in [-0.4, -0.2) is 31.3 Å². The van der Waals surface area contributed by atoms with Crippen LogP contribution in [0.15, 0.2) is 29.4 Å². The minimum absolute atomic E-state index is 0.0306. The van der Waals surface area contributed by atoms with Crippen molar-refractivity contribution in [3.05, 3.63) is 44.6 Å². The Morgan fingerprint density at radius 1 is 1.25 bits per heavy atom. The molecule has 1 fully saturated rings. The second kappa shape index (κ2) is 14.2. The maximum atomic E-state index is 12.3. The van der Waals surface area contributed by atoms with Crippen molar-refractivity contribution in [1.82, 2.24) is 4.98 Å². The highest BCUT2D eigenvalue weighted by molar-refractivity contribution is 8.07. The highest BCUT2D eigenvalue weighted by Gasteiger charge is 2.61. The van der Waals surface area contributed by atoms with Crippen molar-refractivity contribution in [1.29, 1.82) is 0 Å². The van der Waals surface area contributed by atoms with Gasteiger partial charge in [0.1, 0.15) is 5.02 Å². The molecule has 36 heavy (non-hydrogen) atoms. The van der Waals surface area contributed by atoms with Crippen molar-refractivity contribution >= 4 is 59.3 Å². The van der Waals surface area contributed by atoms with E-state index in [2.05, 4.69) is 44.7 Å². The minimum atomic E-state index is -2.88. The Labute approximate surface area is 234 Å². The quantitative estimate of drug-likeness (QED) is 0.0939. The van der Waals surface area contributed by atoms with Crippen molar-refractivity contribution in [2.45, 2.75) is 54.1 Å². The number of carbonyl (C=O) groups excluding carboxylic acids is 1. The van der Waals surface area contributed by atoms with E-state index in [9.17, 15) is 4.79 Å². The van der Waals surface area contributed by atoms with Crippen molar-refractivity contribution in [2.75, 3.05) is 14.2 Å².